The van der Waals surface area contributed by atoms with Crippen molar-refractivity contribution in [3.63, 3.8) is 0 Å². The topological polar surface area (TPSA) is 96.4 Å². The van der Waals surface area contributed by atoms with E-state index in [1.807, 2.05) is 11.8 Å². The lowest BCUT2D eigenvalue weighted by molar-refractivity contribution is -0.120. The first kappa shape index (κ1) is 19.6. The summed E-state index contributed by atoms with van der Waals surface area (Å²) in [5.41, 5.74) is 2.21. The van der Waals surface area contributed by atoms with Gasteiger partial charge in [0.05, 0.1) is 22.5 Å². The smallest absolute Gasteiger partial charge is 0.230 e. The number of hydrogen-bond acceptors (Lipinski definition) is 5. The van der Waals surface area contributed by atoms with Gasteiger partial charge in [0.15, 0.2) is 9.84 Å². The summed E-state index contributed by atoms with van der Waals surface area (Å²) in [6.45, 7) is 1.98. The number of carbonyl (C=O) groups is 2. The Hall–Kier alpha value is -2.74. The van der Waals surface area contributed by atoms with Crippen molar-refractivity contribution in [1.82, 2.24) is 4.98 Å². The standard InChI is InChI=1S/C21H23N3O4S/c1-14-11-16-12-18(6-7-19(16)24(14)21(26)15-4-5-15)29(27,28)10-8-20(25)23-17-3-2-9-22-13-17/h2-3,6-7,9,12-15H,4-5,8,10-11H2,1H3,(H,23,25)/t14-/m0/s1. The minimum absolute atomic E-state index is 0.0290. The predicted octanol–water partition coefficient (Wildman–Crippen LogP) is 2.57. The summed E-state index contributed by atoms with van der Waals surface area (Å²) in [5, 5.41) is 2.64. The number of nitrogens with zero attached hydrogens (tertiary/aromatic N) is 2. The molecule has 1 aromatic heterocycles. The molecule has 1 N–H and O–H groups in total. The molecular weight excluding hydrogens is 390 g/mol. The summed E-state index contributed by atoms with van der Waals surface area (Å²) in [5.74, 6) is -0.403. The summed E-state index contributed by atoms with van der Waals surface area (Å²) in [6.07, 6.45) is 5.46. The van der Waals surface area contributed by atoms with Crippen molar-refractivity contribution in [1.29, 1.82) is 0 Å². The van der Waals surface area contributed by atoms with Crippen molar-refractivity contribution in [3.05, 3.63) is 48.3 Å². The maximum atomic E-state index is 12.7. The molecule has 1 fully saturated rings. The maximum absolute atomic E-state index is 12.7. The van der Waals surface area contributed by atoms with Crippen molar-refractivity contribution in [3.8, 4) is 0 Å². The SMILES string of the molecule is C[C@H]1Cc2cc(S(=O)(=O)CCC(=O)Nc3cccnc3)ccc2N1C(=O)C1CC1. The number of nitrogens with one attached hydrogen (secondary N) is 1. The second kappa shape index (κ2) is 7.59. The molecule has 0 radical (unpaired) electrons. The van der Waals surface area contributed by atoms with E-state index in [1.54, 1.807) is 36.5 Å². The van der Waals surface area contributed by atoms with E-state index in [0.717, 1.165) is 24.1 Å². The number of benzene rings is 1. The Morgan fingerprint density at radius 3 is 2.72 bits per heavy atom. The minimum Gasteiger partial charge on any atom is -0.325 e. The van der Waals surface area contributed by atoms with Crippen LogP contribution in [0.3, 0.4) is 0 Å². The third-order valence-corrected chi connectivity index (χ3v) is 7.05. The van der Waals surface area contributed by atoms with Crippen LogP contribution in [0.15, 0.2) is 47.6 Å². The first-order valence-electron chi connectivity index (χ1n) is 9.74. The zero-order chi connectivity index (χ0) is 20.6. The Labute approximate surface area is 170 Å². The van der Waals surface area contributed by atoms with Crippen LogP contribution in [-0.4, -0.2) is 37.0 Å². The predicted molar refractivity (Wildman–Crippen MR) is 109 cm³/mol. The monoisotopic (exact) mass is 413 g/mol. The Morgan fingerprint density at radius 1 is 1.24 bits per heavy atom. The fraction of sp³-hybridized carbons (Fsp3) is 0.381. The second-order valence-corrected chi connectivity index (χ2v) is 9.79. The van der Waals surface area contributed by atoms with Gasteiger partial charge in [-0.25, -0.2) is 8.42 Å². The minimum atomic E-state index is -3.61. The number of fused-ring (bicyclic) bond motifs is 1. The normalized spacial score (nSPS) is 18.4. The molecular formula is C21H23N3O4S. The van der Waals surface area contributed by atoms with Crippen molar-refractivity contribution in [2.45, 2.75) is 43.5 Å². The molecule has 0 bridgehead atoms. The van der Waals surface area contributed by atoms with Crippen LogP contribution in [0, 0.1) is 5.92 Å². The van der Waals surface area contributed by atoms with Crippen LogP contribution in [0.5, 0.6) is 0 Å². The van der Waals surface area contributed by atoms with E-state index in [-0.39, 0.29) is 40.8 Å². The lowest BCUT2D eigenvalue weighted by Crippen LogP contribution is -2.36. The van der Waals surface area contributed by atoms with E-state index in [1.165, 1.54) is 6.20 Å². The highest BCUT2D eigenvalue weighted by atomic mass is 32.2. The third kappa shape index (κ3) is 4.17. The van der Waals surface area contributed by atoms with E-state index in [4.69, 9.17) is 0 Å². The number of amides is 2. The highest BCUT2D eigenvalue weighted by Crippen LogP contribution is 2.39. The second-order valence-electron chi connectivity index (χ2n) is 7.68. The number of hydrogen-bond donors (Lipinski definition) is 1. The van der Waals surface area contributed by atoms with Crippen LogP contribution in [-0.2, 0) is 25.8 Å². The highest BCUT2D eigenvalue weighted by molar-refractivity contribution is 7.91. The van der Waals surface area contributed by atoms with Crippen LogP contribution >= 0.6 is 0 Å². The van der Waals surface area contributed by atoms with E-state index < -0.39 is 9.84 Å². The van der Waals surface area contributed by atoms with E-state index in [9.17, 15) is 18.0 Å². The van der Waals surface area contributed by atoms with Gasteiger partial charge in [-0.15, -0.1) is 0 Å². The van der Waals surface area contributed by atoms with Gasteiger partial charge in [0.25, 0.3) is 0 Å². The molecule has 7 nitrogen and oxygen atoms in total. The maximum Gasteiger partial charge on any atom is 0.230 e. The molecule has 1 aliphatic carbocycles. The first-order valence-corrected chi connectivity index (χ1v) is 11.4. The fourth-order valence-electron chi connectivity index (χ4n) is 3.67. The molecule has 2 amide bonds. The molecule has 29 heavy (non-hydrogen) atoms. The zero-order valence-corrected chi connectivity index (χ0v) is 17.0. The molecule has 152 valence electrons. The van der Waals surface area contributed by atoms with Crippen LogP contribution in [0.4, 0.5) is 11.4 Å². The van der Waals surface area contributed by atoms with Gasteiger partial charge in [0, 0.05) is 30.3 Å². The summed E-state index contributed by atoms with van der Waals surface area (Å²) in [6, 6.07) is 8.33. The van der Waals surface area contributed by atoms with Crippen LogP contribution in [0.1, 0.15) is 31.7 Å². The largest absolute Gasteiger partial charge is 0.325 e. The van der Waals surface area contributed by atoms with Gasteiger partial charge in [-0.2, -0.15) is 0 Å². The third-order valence-electron chi connectivity index (χ3n) is 5.33. The van der Waals surface area contributed by atoms with E-state index in [2.05, 4.69) is 10.3 Å². The molecule has 1 aromatic carbocycles. The summed E-state index contributed by atoms with van der Waals surface area (Å²) >= 11 is 0. The Balaban J connectivity index is 1.45. The molecule has 1 aliphatic heterocycles. The average Bonchev–Trinajstić information content (AvgIpc) is 3.49. The van der Waals surface area contributed by atoms with Gasteiger partial charge in [-0.1, -0.05) is 0 Å². The van der Waals surface area contributed by atoms with Crippen molar-refractivity contribution in [2.75, 3.05) is 16.0 Å². The molecule has 2 aromatic rings. The number of aromatic nitrogens is 1. The fourth-order valence-corrected chi connectivity index (χ4v) is 4.96. The molecule has 0 saturated heterocycles. The number of rotatable bonds is 6. The summed E-state index contributed by atoms with van der Waals surface area (Å²) in [4.78, 5) is 30.5. The number of pyridine rings is 1. The van der Waals surface area contributed by atoms with Gasteiger partial charge >= 0.3 is 0 Å². The number of sulfone groups is 1. The van der Waals surface area contributed by atoms with Crippen LogP contribution < -0.4 is 10.2 Å². The van der Waals surface area contributed by atoms with Crippen LogP contribution in [0.25, 0.3) is 0 Å². The molecule has 1 atom stereocenters. The Kier molecular flexibility index (Phi) is 5.12. The summed E-state index contributed by atoms with van der Waals surface area (Å²) in [7, 11) is -3.61. The molecule has 1 saturated carbocycles. The quantitative estimate of drug-likeness (QED) is 0.785. The number of anilines is 2. The lowest BCUT2D eigenvalue weighted by atomic mass is 10.1. The molecule has 2 aliphatic rings. The van der Waals surface area contributed by atoms with Gasteiger partial charge in [0.2, 0.25) is 11.8 Å². The van der Waals surface area contributed by atoms with Crippen molar-refractivity contribution in [2.24, 2.45) is 5.92 Å². The van der Waals surface area contributed by atoms with Gasteiger partial charge in [-0.3, -0.25) is 14.6 Å². The molecule has 2 heterocycles. The van der Waals surface area contributed by atoms with Crippen LogP contribution in [0.2, 0.25) is 0 Å². The molecule has 0 spiro atoms. The van der Waals surface area contributed by atoms with Crippen molar-refractivity contribution < 1.29 is 18.0 Å². The Morgan fingerprint density at radius 2 is 2.03 bits per heavy atom. The van der Waals surface area contributed by atoms with Gasteiger partial charge < -0.3 is 10.2 Å². The van der Waals surface area contributed by atoms with Gasteiger partial charge in [-0.05, 0) is 62.1 Å². The lowest BCUT2D eigenvalue weighted by Gasteiger charge is -2.22. The highest BCUT2D eigenvalue weighted by Gasteiger charge is 2.39. The van der Waals surface area contributed by atoms with Crippen molar-refractivity contribution >= 4 is 33.0 Å². The Bertz CT molecular complexity index is 1050. The summed E-state index contributed by atoms with van der Waals surface area (Å²) < 4.78 is 25.5. The van der Waals surface area contributed by atoms with E-state index >= 15 is 0 Å². The first-order chi connectivity index (χ1) is 13.8. The number of carbonyl (C=O) groups excluding carboxylic acids is 2. The molecule has 8 heteroatoms. The molecule has 4 rings (SSSR count). The molecule has 0 unspecified atom stereocenters. The zero-order valence-electron chi connectivity index (χ0n) is 16.2. The average molecular weight is 413 g/mol. The van der Waals surface area contributed by atoms with E-state index in [0.29, 0.717) is 12.1 Å². The van der Waals surface area contributed by atoms with Gasteiger partial charge in [0.1, 0.15) is 0 Å².